The van der Waals surface area contributed by atoms with E-state index in [2.05, 4.69) is 6.92 Å². The third-order valence-electron chi connectivity index (χ3n) is 3.11. The van der Waals surface area contributed by atoms with Crippen molar-refractivity contribution in [2.24, 2.45) is 0 Å². The summed E-state index contributed by atoms with van der Waals surface area (Å²) in [6.07, 6.45) is 3.66. The molecule has 0 N–H and O–H groups in total. The molecule has 1 rings (SSSR count). The Kier molecular flexibility index (Phi) is 5.82. The largest absolute Gasteiger partial charge is 0.370 e. The monoisotopic (exact) mass is 282 g/mol. The molecule has 6 heteroatoms. The van der Waals surface area contributed by atoms with Gasteiger partial charge in [0.25, 0.3) is 5.69 Å². The fraction of sp³-hybridized carbons (Fsp3) is 0.462. The Labute approximate surface area is 117 Å². The fourth-order valence-electron chi connectivity index (χ4n) is 1.96. The van der Waals surface area contributed by atoms with Crippen molar-refractivity contribution < 1.29 is 9.72 Å². The first-order chi connectivity index (χ1) is 9.04. The average Bonchev–Trinajstić information content (AvgIpc) is 2.43. The molecule has 0 aromatic heterocycles. The first kappa shape index (κ1) is 15.5. The Hall–Kier alpha value is -1.56. The highest BCUT2D eigenvalue weighted by atomic mass is 32.2. The van der Waals surface area contributed by atoms with Gasteiger partial charge in [0.1, 0.15) is 0 Å². The maximum Gasteiger partial charge on any atom is 0.270 e. The van der Waals surface area contributed by atoms with Crippen molar-refractivity contribution in [1.82, 2.24) is 0 Å². The highest BCUT2D eigenvalue weighted by molar-refractivity contribution is 7.98. The van der Waals surface area contributed by atoms with Crippen LogP contribution in [0, 0.1) is 10.1 Å². The minimum atomic E-state index is -0.490. The van der Waals surface area contributed by atoms with Gasteiger partial charge in [0.2, 0.25) is 0 Å². The maximum absolute atomic E-state index is 11.1. The summed E-state index contributed by atoms with van der Waals surface area (Å²) in [7, 11) is 1.92. The molecule has 0 aliphatic heterocycles. The van der Waals surface area contributed by atoms with E-state index in [0.717, 1.165) is 17.9 Å². The quantitative estimate of drug-likeness (QED) is 0.437. The number of rotatable bonds is 7. The molecule has 0 amide bonds. The Balaban J connectivity index is 3.11. The van der Waals surface area contributed by atoms with Crippen LogP contribution in [0.15, 0.2) is 18.2 Å². The number of non-ortho nitro benzene ring substituents is 1. The lowest BCUT2D eigenvalue weighted by molar-refractivity contribution is -0.384. The van der Waals surface area contributed by atoms with Crippen LogP contribution in [0.2, 0.25) is 0 Å². The van der Waals surface area contributed by atoms with Crippen molar-refractivity contribution in [3.8, 4) is 0 Å². The van der Waals surface area contributed by atoms with Gasteiger partial charge in [-0.05, 0) is 18.7 Å². The van der Waals surface area contributed by atoms with Crippen molar-refractivity contribution in [2.45, 2.75) is 19.4 Å². The average molecular weight is 282 g/mol. The Morgan fingerprint density at radius 2 is 2.21 bits per heavy atom. The molecule has 0 bridgehead atoms. The number of nitrogens with zero attached hydrogens (tertiary/aromatic N) is 2. The van der Waals surface area contributed by atoms with Crippen molar-refractivity contribution in [3.63, 3.8) is 0 Å². The van der Waals surface area contributed by atoms with Gasteiger partial charge in [0, 0.05) is 42.2 Å². The van der Waals surface area contributed by atoms with E-state index in [1.807, 2.05) is 18.2 Å². The van der Waals surface area contributed by atoms with E-state index in [0.29, 0.717) is 17.9 Å². The molecule has 0 radical (unpaired) electrons. The first-order valence-corrected chi connectivity index (χ1v) is 7.39. The van der Waals surface area contributed by atoms with Crippen LogP contribution in [0.3, 0.4) is 0 Å². The maximum atomic E-state index is 11.1. The van der Waals surface area contributed by atoms with Gasteiger partial charge in [-0.25, -0.2) is 0 Å². The van der Waals surface area contributed by atoms with Crippen LogP contribution >= 0.6 is 11.8 Å². The number of hydrogen-bond acceptors (Lipinski definition) is 5. The summed E-state index contributed by atoms with van der Waals surface area (Å²) in [5.74, 6) is 0.947. The van der Waals surface area contributed by atoms with Gasteiger partial charge in [0.15, 0.2) is 6.29 Å². The highest BCUT2D eigenvalue weighted by Crippen LogP contribution is 2.26. The van der Waals surface area contributed by atoms with Gasteiger partial charge in [-0.2, -0.15) is 11.8 Å². The Morgan fingerprint density at radius 1 is 1.53 bits per heavy atom. The summed E-state index contributed by atoms with van der Waals surface area (Å²) in [5.41, 5.74) is 1.04. The molecular formula is C13H18N2O3S. The van der Waals surface area contributed by atoms with Gasteiger partial charge in [0.05, 0.1) is 4.92 Å². The molecule has 0 saturated heterocycles. The standard InChI is InChI=1S/C13H18N2O3S/c1-4-11(9-19-3)14(2)13-6-5-12(15(17)18)7-10(13)8-16/h5-8,11H,4,9H2,1-3H3. The summed E-state index contributed by atoms with van der Waals surface area (Å²) in [4.78, 5) is 23.4. The van der Waals surface area contributed by atoms with Crippen molar-refractivity contribution in [1.29, 1.82) is 0 Å². The number of nitro groups is 1. The number of nitro benzene ring substituents is 1. The SMILES string of the molecule is CCC(CSC)N(C)c1ccc([N+](=O)[O-])cc1C=O. The van der Waals surface area contributed by atoms with Gasteiger partial charge in [-0.3, -0.25) is 14.9 Å². The van der Waals surface area contributed by atoms with E-state index < -0.39 is 4.92 Å². The van der Waals surface area contributed by atoms with E-state index in [-0.39, 0.29) is 5.69 Å². The van der Waals surface area contributed by atoms with Crippen LogP contribution < -0.4 is 4.90 Å². The Bertz CT molecular complexity index is 465. The summed E-state index contributed by atoms with van der Waals surface area (Å²) in [6, 6.07) is 4.70. The summed E-state index contributed by atoms with van der Waals surface area (Å²) in [5, 5.41) is 10.7. The van der Waals surface area contributed by atoms with Crippen molar-refractivity contribution in [3.05, 3.63) is 33.9 Å². The molecule has 19 heavy (non-hydrogen) atoms. The third-order valence-corrected chi connectivity index (χ3v) is 3.83. The predicted octanol–water partition coefficient (Wildman–Crippen LogP) is 2.99. The van der Waals surface area contributed by atoms with Gasteiger partial charge in [-0.1, -0.05) is 6.92 Å². The van der Waals surface area contributed by atoms with Gasteiger partial charge in [-0.15, -0.1) is 0 Å². The number of aldehydes is 1. The van der Waals surface area contributed by atoms with Crippen LogP contribution in [0.25, 0.3) is 0 Å². The molecule has 104 valence electrons. The normalized spacial score (nSPS) is 11.9. The van der Waals surface area contributed by atoms with Crippen LogP contribution in [0.1, 0.15) is 23.7 Å². The third kappa shape index (κ3) is 3.70. The first-order valence-electron chi connectivity index (χ1n) is 6.00. The lowest BCUT2D eigenvalue weighted by Gasteiger charge is -2.29. The van der Waals surface area contributed by atoms with E-state index in [1.165, 1.54) is 12.1 Å². The van der Waals surface area contributed by atoms with E-state index in [4.69, 9.17) is 0 Å². The number of anilines is 1. The lowest BCUT2D eigenvalue weighted by Crippen LogP contribution is -2.33. The van der Waals surface area contributed by atoms with Crippen LogP contribution in [-0.2, 0) is 0 Å². The number of carbonyl (C=O) groups excluding carboxylic acids is 1. The molecule has 0 heterocycles. The minimum absolute atomic E-state index is 0.0582. The van der Waals surface area contributed by atoms with E-state index in [1.54, 1.807) is 17.8 Å². The molecule has 1 aromatic carbocycles. The molecule has 0 aliphatic carbocycles. The molecule has 1 atom stereocenters. The van der Waals surface area contributed by atoms with Crippen molar-refractivity contribution in [2.75, 3.05) is 24.0 Å². The van der Waals surface area contributed by atoms with Gasteiger partial charge < -0.3 is 4.90 Å². The molecular weight excluding hydrogens is 264 g/mol. The molecule has 5 nitrogen and oxygen atoms in total. The number of thioether (sulfide) groups is 1. The second kappa shape index (κ2) is 7.13. The Morgan fingerprint density at radius 3 is 2.68 bits per heavy atom. The summed E-state index contributed by atoms with van der Waals surface area (Å²) >= 11 is 1.74. The lowest BCUT2D eigenvalue weighted by atomic mass is 10.1. The number of hydrogen-bond donors (Lipinski definition) is 0. The van der Waals surface area contributed by atoms with E-state index >= 15 is 0 Å². The van der Waals surface area contributed by atoms with Crippen LogP contribution in [0.5, 0.6) is 0 Å². The highest BCUT2D eigenvalue weighted by Gasteiger charge is 2.18. The van der Waals surface area contributed by atoms with Gasteiger partial charge >= 0.3 is 0 Å². The summed E-state index contributed by atoms with van der Waals surface area (Å²) in [6.45, 7) is 2.09. The summed E-state index contributed by atoms with van der Waals surface area (Å²) < 4.78 is 0. The predicted molar refractivity (Wildman–Crippen MR) is 79.3 cm³/mol. The number of benzene rings is 1. The van der Waals surface area contributed by atoms with Crippen LogP contribution in [-0.4, -0.2) is 36.3 Å². The topological polar surface area (TPSA) is 63.4 Å². The van der Waals surface area contributed by atoms with Crippen LogP contribution in [0.4, 0.5) is 11.4 Å². The zero-order valence-electron chi connectivity index (χ0n) is 11.3. The zero-order valence-corrected chi connectivity index (χ0v) is 12.1. The fourth-order valence-corrected chi connectivity index (χ4v) is 2.81. The molecule has 1 aromatic rings. The molecule has 1 unspecified atom stereocenters. The molecule has 0 saturated carbocycles. The molecule has 0 aliphatic rings. The zero-order chi connectivity index (χ0) is 14.4. The van der Waals surface area contributed by atoms with Crippen molar-refractivity contribution >= 4 is 29.4 Å². The smallest absolute Gasteiger partial charge is 0.270 e. The minimum Gasteiger partial charge on any atom is -0.370 e. The van der Waals surface area contributed by atoms with E-state index in [9.17, 15) is 14.9 Å². The second-order valence-corrected chi connectivity index (χ2v) is 5.16. The number of carbonyl (C=O) groups is 1. The molecule has 0 spiro atoms. The molecule has 0 fully saturated rings. The second-order valence-electron chi connectivity index (χ2n) is 4.25.